The summed E-state index contributed by atoms with van der Waals surface area (Å²) in [6.45, 7) is 0. The van der Waals surface area contributed by atoms with Gasteiger partial charge in [0.25, 0.3) is 0 Å². The third-order valence-corrected chi connectivity index (χ3v) is 1.96. The van der Waals surface area contributed by atoms with E-state index < -0.39 is 23.2 Å². The summed E-state index contributed by atoms with van der Waals surface area (Å²) >= 11 is 0. The van der Waals surface area contributed by atoms with Gasteiger partial charge < -0.3 is 10.1 Å². The summed E-state index contributed by atoms with van der Waals surface area (Å²) in [4.78, 5) is 13.2. The van der Waals surface area contributed by atoms with Gasteiger partial charge in [0.1, 0.15) is 17.2 Å². The van der Waals surface area contributed by atoms with E-state index in [4.69, 9.17) is 5.11 Å². The molecule has 2 rings (SSSR count). The standard InChI is InChI=1S/C9H5F2NO2/c10-5-3-6(11)8-4(1-2-12-8)7(5)9(13)14/h1-3,12H,(H,13,14). The first-order chi connectivity index (χ1) is 6.61. The molecule has 0 saturated heterocycles. The minimum Gasteiger partial charge on any atom is -0.478 e. The molecule has 0 aliphatic carbocycles. The third-order valence-electron chi connectivity index (χ3n) is 1.96. The molecule has 2 N–H and O–H groups in total. The van der Waals surface area contributed by atoms with E-state index in [9.17, 15) is 13.6 Å². The number of carboxylic acids is 1. The lowest BCUT2D eigenvalue weighted by atomic mass is 10.1. The van der Waals surface area contributed by atoms with Crippen LogP contribution < -0.4 is 0 Å². The van der Waals surface area contributed by atoms with Crippen molar-refractivity contribution < 1.29 is 18.7 Å². The summed E-state index contributed by atoms with van der Waals surface area (Å²) in [5.41, 5.74) is -0.508. The van der Waals surface area contributed by atoms with Gasteiger partial charge in [-0.05, 0) is 6.07 Å². The molecular weight excluding hydrogens is 192 g/mol. The number of nitrogens with one attached hydrogen (secondary N) is 1. The van der Waals surface area contributed by atoms with Crippen LogP contribution in [0.2, 0.25) is 0 Å². The second kappa shape index (κ2) is 2.80. The number of rotatable bonds is 1. The highest BCUT2D eigenvalue weighted by Crippen LogP contribution is 2.23. The molecule has 1 aromatic carbocycles. The van der Waals surface area contributed by atoms with Gasteiger partial charge in [0, 0.05) is 17.6 Å². The molecule has 0 unspecified atom stereocenters. The van der Waals surface area contributed by atoms with Crippen molar-refractivity contribution in [1.29, 1.82) is 0 Å². The molecule has 0 atom stereocenters. The lowest BCUT2D eigenvalue weighted by Crippen LogP contribution is -2.02. The zero-order valence-corrected chi connectivity index (χ0v) is 6.84. The van der Waals surface area contributed by atoms with Crippen molar-refractivity contribution in [2.45, 2.75) is 0 Å². The number of aromatic nitrogens is 1. The molecule has 5 heteroatoms. The number of carbonyl (C=O) groups is 1. The monoisotopic (exact) mass is 197 g/mol. The molecular formula is C9H5F2NO2. The zero-order valence-electron chi connectivity index (χ0n) is 6.84. The first kappa shape index (κ1) is 8.68. The Morgan fingerprint density at radius 1 is 1.36 bits per heavy atom. The molecule has 72 valence electrons. The van der Waals surface area contributed by atoms with E-state index in [1.165, 1.54) is 12.3 Å². The Kier molecular flexibility index (Phi) is 1.73. The number of benzene rings is 1. The van der Waals surface area contributed by atoms with Gasteiger partial charge in [0.15, 0.2) is 0 Å². The van der Waals surface area contributed by atoms with Crippen LogP contribution in [0.25, 0.3) is 10.9 Å². The number of halogens is 2. The zero-order chi connectivity index (χ0) is 10.3. The van der Waals surface area contributed by atoms with Crippen LogP contribution >= 0.6 is 0 Å². The number of hydrogen-bond acceptors (Lipinski definition) is 1. The summed E-state index contributed by atoms with van der Waals surface area (Å²) in [6, 6.07) is 1.88. The third kappa shape index (κ3) is 1.06. The van der Waals surface area contributed by atoms with Crippen LogP contribution in [-0.2, 0) is 0 Å². The predicted octanol–water partition coefficient (Wildman–Crippen LogP) is 2.14. The van der Waals surface area contributed by atoms with Crippen LogP contribution in [0.3, 0.4) is 0 Å². The van der Waals surface area contributed by atoms with Gasteiger partial charge in [-0.3, -0.25) is 0 Å². The minimum absolute atomic E-state index is 0.00352. The lowest BCUT2D eigenvalue weighted by molar-refractivity contribution is 0.0694. The fourth-order valence-electron chi connectivity index (χ4n) is 1.38. The Labute approximate surface area is 77.0 Å². The quantitative estimate of drug-likeness (QED) is 0.735. The number of fused-ring (bicyclic) bond motifs is 1. The molecule has 0 aliphatic rings. The molecule has 3 nitrogen and oxygen atoms in total. The van der Waals surface area contributed by atoms with E-state index in [0.29, 0.717) is 6.07 Å². The van der Waals surface area contributed by atoms with Crippen molar-refractivity contribution in [2.75, 3.05) is 0 Å². The molecule has 14 heavy (non-hydrogen) atoms. The maximum atomic E-state index is 13.1. The van der Waals surface area contributed by atoms with E-state index in [-0.39, 0.29) is 10.9 Å². The highest BCUT2D eigenvalue weighted by molar-refractivity contribution is 6.03. The van der Waals surface area contributed by atoms with Gasteiger partial charge in [0.2, 0.25) is 0 Å². The second-order valence-electron chi connectivity index (χ2n) is 2.79. The Morgan fingerprint density at radius 2 is 2.07 bits per heavy atom. The molecule has 0 spiro atoms. The molecule has 0 radical (unpaired) electrons. The molecule has 0 saturated carbocycles. The van der Waals surface area contributed by atoms with E-state index in [1.54, 1.807) is 0 Å². The van der Waals surface area contributed by atoms with E-state index in [2.05, 4.69) is 4.98 Å². The summed E-state index contributed by atoms with van der Waals surface area (Å²) in [5, 5.41) is 8.73. The van der Waals surface area contributed by atoms with Crippen LogP contribution in [0.4, 0.5) is 8.78 Å². The first-order valence-corrected chi connectivity index (χ1v) is 3.79. The van der Waals surface area contributed by atoms with Crippen molar-refractivity contribution >= 4 is 16.9 Å². The normalized spacial score (nSPS) is 10.7. The Bertz CT molecular complexity index is 519. The van der Waals surface area contributed by atoms with E-state index >= 15 is 0 Å². The summed E-state index contributed by atoms with van der Waals surface area (Å²) in [5.74, 6) is -3.28. The first-order valence-electron chi connectivity index (χ1n) is 3.79. The summed E-state index contributed by atoms with van der Waals surface area (Å²) in [6.07, 6.45) is 1.36. The number of H-pyrrole nitrogens is 1. The predicted molar refractivity (Wildman–Crippen MR) is 45.2 cm³/mol. The lowest BCUT2D eigenvalue weighted by Gasteiger charge is -2.00. The van der Waals surface area contributed by atoms with E-state index in [0.717, 1.165) is 0 Å². The van der Waals surface area contributed by atoms with Gasteiger partial charge in [-0.25, -0.2) is 13.6 Å². The molecule has 0 bridgehead atoms. The highest BCUT2D eigenvalue weighted by atomic mass is 19.1. The maximum Gasteiger partial charge on any atom is 0.339 e. The molecule has 1 aromatic heterocycles. The van der Waals surface area contributed by atoms with Gasteiger partial charge in [-0.2, -0.15) is 0 Å². The van der Waals surface area contributed by atoms with Crippen molar-refractivity contribution in [1.82, 2.24) is 4.98 Å². The topological polar surface area (TPSA) is 53.1 Å². The average molecular weight is 197 g/mol. The van der Waals surface area contributed by atoms with Crippen LogP contribution in [0.15, 0.2) is 18.3 Å². The Hall–Kier alpha value is -1.91. The maximum absolute atomic E-state index is 13.1. The number of aromatic amines is 1. The van der Waals surface area contributed by atoms with Gasteiger partial charge in [0.05, 0.1) is 5.52 Å². The average Bonchev–Trinajstić information content (AvgIpc) is 2.51. The fraction of sp³-hybridized carbons (Fsp3) is 0. The number of carboxylic acid groups (broad SMARTS) is 1. The molecule has 2 aromatic rings. The molecule has 0 fully saturated rings. The van der Waals surface area contributed by atoms with Crippen molar-refractivity contribution in [3.8, 4) is 0 Å². The van der Waals surface area contributed by atoms with Crippen LogP contribution in [0.1, 0.15) is 10.4 Å². The minimum atomic E-state index is -1.41. The largest absolute Gasteiger partial charge is 0.478 e. The van der Waals surface area contributed by atoms with Crippen molar-refractivity contribution in [3.63, 3.8) is 0 Å². The number of aromatic carboxylic acids is 1. The molecule has 0 amide bonds. The van der Waals surface area contributed by atoms with Gasteiger partial charge in [-0.1, -0.05) is 0 Å². The number of hydrogen-bond donors (Lipinski definition) is 2. The SMILES string of the molecule is O=C(O)c1c(F)cc(F)c2[nH]ccc12. The smallest absolute Gasteiger partial charge is 0.339 e. The van der Waals surface area contributed by atoms with Crippen LogP contribution in [0.5, 0.6) is 0 Å². The summed E-state index contributed by atoms with van der Waals surface area (Å²) < 4.78 is 26.1. The van der Waals surface area contributed by atoms with Gasteiger partial charge in [-0.15, -0.1) is 0 Å². The highest BCUT2D eigenvalue weighted by Gasteiger charge is 2.18. The van der Waals surface area contributed by atoms with Crippen molar-refractivity contribution in [3.05, 3.63) is 35.5 Å². The molecule has 1 heterocycles. The van der Waals surface area contributed by atoms with E-state index in [1.807, 2.05) is 0 Å². The van der Waals surface area contributed by atoms with Gasteiger partial charge >= 0.3 is 5.97 Å². The van der Waals surface area contributed by atoms with Crippen LogP contribution in [-0.4, -0.2) is 16.1 Å². The fourth-order valence-corrected chi connectivity index (χ4v) is 1.38. The Morgan fingerprint density at radius 3 is 2.71 bits per heavy atom. The van der Waals surface area contributed by atoms with Crippen molar-refractivity contribution in [2.24, 2.45) is 0 Å². The summed E-state index contributed by atoms with van der Waals surface area (Å²) in [7, 11) is 0. The van der Waals surface area contributed by atoms with Crippen LogP contribution in [0, 0.1) is 11.6 Å². The second-order valence-corrected chi connectivity index (χ2v) is 2.79. The Balaban J connectivity index is 2.93. The molecule has 0 aliphatic heterocycles.